The summed E-state index contributed by atoms with van der Waals surface area (Å²) in [5.74, 6) is 0.681. The number of nitrogens with zero attached hydrogens (tertiary/aromatic N) is 2. The highest BCUT2D eigenvalue weighted by atomic mass is 16.4. The fourth-order valence-corrected chi connectivity index (χ4v) is 2.16. The minimum atomic E-state index is 0.453. The molecule has 1 aromatic rings. The first-order chi connectivity index (χ1) is 9.31. The van der Waals surface area contributed by atoms with Crippen molar-refractivity contribution in [1.29, 1.82) is 0 Å². The maximum atomic E-state index is 5.62. The highest BCUT2D eigenvalue weighted by Crippen LogP contribution is 2.19. The summed E-state index contributed by atoms with van der Waals surface area (Å²) in [7, 11) is 0. The second-order valence-electron chi connectivity index (χ2n) is 5.43. The molecule has 0 saturated heterocycles. The lowest BCUT2D eigenvalue weighted by atomic mass is 10.1. The third kappa shape index (κ3) is 5.19. The van der Waals surface area contributed by atoms with Gasteiger partial charge in [0, 0.05) is 12.1 Å². The van der Waals surface area contributed by atoms with Gasteiger partial charge in [0.2, 0.25) is 5.89 Å². The van der Waals surface area contributed by atoms with Gasteiger partial charge in [0.15, 0.2) is 0 Å². The molecule has 0 aromatic carbocycles. The Bertz CT molecular complexity index is 362. The van der Waals surface area contributed by atoms with Gasteiger partial charge in [-0.15, -0.1) is 5.10 Å². The van der Waals surface area contributed by atoms with Gasteiger partial charge in [0.25, 0.3) is 0 Å². The molecule has 0 bridgehead atoms. The molecule has 1 aliphatic rings. The number of anilines is 1. The number of nitrogens with one attached hydrogen (secondary N) is 2. The molecule has 0 aliphatic heterocycles. The SMILES string of the molecule is CCCCC(CCC)Nc1nnc(CNC2CC2)o1. The van der Waals surface area contributed by atoms with Gasteiger partial charge in [-0.05, 0) is 25.7 Å². The van der Waals surface area contributed by atoms with Gasteiger partial charge in [0.05, 0.1) is 6.54 Å². The summed E-state index contributed by atoms with van der Waals surface area (Å²) >= 11 is 0. The molecule has 1 saturated carbocycles. The molecule has 5 nitrogen and oxygen atoms in total. The number of hydrogen-bond donors (Lipinski definition) is 2. The van der Waals surface area contributed by atoms with Crippen molar-refractivity contribution >= 4 is 6.01 Å². The fourth-order valence-electron chi connectivity index (χ4n) is 2.16. The standard InChI is InChI=1S/C14H26N4O/c1-3-5-7-12(6-4-2)16-14-18-17-13(19-14)10-15-11-8-9-11/h11-12,15H,3-10H2,1-2H3,(H,16,18). The zero-order valence-corrected chi connectivity index (χ0v) is 12.1. The van der Waals surface area contributed by atoms with Crippen LogP contribution in [0.3, 0.4) is 0 Å². The number of rotatable bonds is 10. The molecule has 0 radical (unpaired) electrons. The van der Waals surface area contributed by atoms with Gasteiger partial charge in [0.1, 0.15) is 0 Å². The molecule has 1 aromatic heterocycles. The average Bonchev–Trinajstić information content (AvgIpc) is 3.14. The Balaban J connectivity index is 1.78. The first-order valence-electron chi connectivity index (χ1n) is 7.64. The van der Waals surface area contributed by atoms with Crippen LogP contribution in [0, 0.1) is 0 Å². The molecule has 1 atom stereocenters. The van der Waals surface area contributed by atoms with Crippen molar-refractivity contribution in [3.63, 3.8) is 0 Å². The van der Waals surface area contributed by atoms with E-state index in [0.29, 0.717) is 30.5 Å². The third-order valence-electron chi connectivity index (χ3n) is 3.46. The summed E-state index contributed by atoms with van der Waals surface area (Å²) in [6.07, 6.45) is 8.50. The Kier molecular flexibility index (Phi) is 5.63. The van der Waals surface area contributed by atoms with Crippen LogP contribution in [0.5, 0.6) is 0 Å². The van der Waals surface area contributed by atoms with Crippen molar-refractivity contribution in [2.75, 3.05) is 5.32 Å². The van der Waals surface area contributed by atoms with Gasteiger partial charge < -0.3 is 15.1 Å². The molecule has 1 heterocycles. The predicted octanol–water partition coefficient (Wildman–Crippen LogP) is 3.09. The van der Waals surface area contributed by atoms with Gasteiger partial charge in [-0.2, -0.15) is 0 Å². The van der Waals surface area contributed by atoms with E-state index in [1.807, 2.05) is 0 Å². The molecular formula is C14H26N4O. The van der Waals surface area contributed by atoms with Gasteiger partial charge in [-0.3, -0.25) is 0 Å². The van der Waals surface area contributed by atoms with Crippen LogP contribution in [0.25, 0.3) is 0 Å². The molecule has 108 valence electrons. The van der Waals surface area contributed by atoms with Crippen LogP contribution < -0.4 is 10.6 Å². The second-order valence-corrected chi connectivity index (χ2v) is 5.43. The Morgan fingerprint density at radius 1 is 1.21 bits per heavy atom. The summed E-state index contributed by atoms with van der Waals surface area (Å²) in [5.41, 5.74) is 0. The smallest absolute Gasteiger partial charge is 0.315 e. The molecule has 1 aliphatic carbocycles. The maximum Gasteiger partial charge on any atom is 0.315 e. The number of unbranched alkanes of at least 4 members (excludes halogenated alkanes) is 1. The van der Waals surface area contributed by atoms with Crippen LogP contribution in [-0.2, 0) is 6.54 Å². The lowest BCUT2D eigenvalue weighted by Gasteiger charge is -2.15. The van der Waals surface area contributed by atoms with E-state index in [0.717, 1.165) is 6.42 Å². The molecule has 1 fully saturated rings. The first-order valence-corrected chi connectivity index (χ1v) is 7.64. The van der Waals surface area contributed by atoms with E-state index in [1.54, 1.807) is 0 Å². The minimum Gasteiger partial charge on any atom is -0.407 e. The summed E-state index contributed by atoms with van der Waals surface area (Å²) in [6.45, 7) is 5.11. The summed E-state index contributed by atoms with van der Waals surface area (Å²) in [4.78, 5) is 0. The monoisotopic (exact) mass is 266 g/mol. The number of aromatic nitrogens is 2. The van der Waals surface area contributed by atoms with Gasteiger partial charge >= 0.3 is 6.01 Å². The third-order valence-corrected chi connectivity index (χ3v) is 3.46. The van der Waals surface area contributed by atoms with Gasteiger partial charge in [-0.1, -0.05) is 38.2 Å². The number of hydrogen-bond acceptors (Lipinski definition) is 5. The van der Waals surface area contributed by atoms with E-state index in [1.165, 1.54) is 38.5 Å². The molecule has 2 rings (SSSR count). The lowest BCUT2D eigenvalue weighted by molar-refractivity contribution is 0.463. The van der Waals surface area contributed by atoms with E-state index < -0.39 is 0 Å². The van der Waals surface area contributed by atoms with E-state index in [9.17, 15) is 0 Å². The molecule has 0 spiro atoms. The largest absolute Gasteiger partial charge is 0.407 e. The molecule has 0 amide bonds. The fraction of sp³-hybridized carbons (Fsp3) is 0.857. The molecule has 5 heteroatoms. The van der Waals surface area contributed by atoms with Crippen molar-refractivity contribution in [2.45, 2.75) is 77.4 Å². The van der Waals surface area contributed by atoms with Crippen molar-refractivity contribution < 1.29 is 4.42 Å². The van der Waals surface area contributed by atoms with Crippen LogP contribution in [0.1, 0.15) is 64.7 Å². The lowest BCUT2D eigenvalue weighted by Crippen LogP contribution is -2.19. The van der Waals surface area contributed by atoms with Crippen LogP contribution in [-0.4, -0.2) is 22.3 Å². The van der Waals surface area contributed by atoms with Crippen LogP contribution in [0.15, 0.2) is 4.42 Å². The van der Waals surface area contributed by atoms with Crippen molar-refractivity contribution in [3.8, 4) is 0 Å². The van der Waals surface area contributed by atoms with Crippen LogP contribution in [0.4, 0.5) is 6.01 Å². The van der Waals surface area contributed by atoms with Crippen molar-refractivity contribution in [2.24, 2.45) is 0 Å². The topological polar surface area (TPSA) is 63.0 Å². The highest BCUT2D eigenvalue weighted by Gasteiger charge is 2.21. The zero-order chi connectivity index (χ0) is 13.5. The van der Waals surface area contributed by atoms with Crippen molar-refractivity contribution in [1.82, 2.24) is 15.5 Å². The Hall–Kier alpha value is -1.10. The zero-order valence-electron chi connectivity index (χ0n) is 12.1. The van der Waals surface area contributed by atoms with Crippen molar-refractivity contribution in [3.05, 3.63) is 5.89 Å². The van der Waals surface area contributed by atoms with Crippen LogP contribution >= 0.6 is 0 Å². The highest BCUT2D eigenvalue weighted by molar-refractivity contribution is 5.19. The average molecular weight is 266 g/mol. The quantitative estimate of drug-likeness (QED) is 0.681. The Morgan fingerprint density at radius 3 is 2.74 bits per heavy atom. The van der Waals surface area contributed by atoms with E-state index in [2.05, 4.69) is 34.7 Å². The Labute approximate surface area is 115 Å². The minimum absolute atomic E-state index is 0.453. The van der Waals surface area contributed by atoms with E-state index >= 15 is 0 Å². The van der Waals surface area contributed by atoms with Gasteiger partial charge in [-0.25, -0.2) is 0 Å². The first kappa shape index (κ1) is 14.3. The van der Waals surface area contributed by atoms with E-state index in [-0.39, 0.29) is 0 Å². The maximum absolute atomic E-state index is 5.62. The molecule has 19 heavy (non-hydrogen) atoms. The van der Waals surface area contributed by atoms with E-state index in [4.69, 9.17) is 4.42 Å². The van der Waals surface area contributed by atoms with Crippen LogP contribution in [0.2, 0.25) is 0 Å². The predicted molar refractivity (Wildman–Crippen MR) is 76.0 cm³/mol. The summed E-state index contributed by atoms with van der Waals surface area (Å²) in [5, 5.41) is 14.9. The molecular weight excluding hydrogens is 240 g/mol. The normalized spacial score (nSPS) is 16.5. The molecule has 1 unspecified atom stereocenters. The summed E-state index contributed by atoms with van der Waals surface area (Å²) in [6, 6.07) is 1.69. The Morgan fingerprint density at radius 2 is 2.05 bits per heavy atom. The molecule has 2 N–H and O–H groups in total. The second kappa shape index (κ2) is 7.48. The summed E-state index contributed by atoms with van der Waals surface area (Å²) < 4.78 is 5.62.